The van der Waals surface area contributed by atoms with Crippen molar-refractivity contribution in [2.75, 3.05) is 6.26 Å². The summed E-state index contributed by atoms with van der Waals surface area (Å²) in [6.45, 7) is 0. The molecule has 0 heterocycles. The van der Waals surface area contributed by atoms with Gasteiger partial charge in [-0.15, -0.1) is 0 Å². The van der Waals surface area contributed by atoms with Gasteiger partial charge in [-0.2, -0.15) is 0 Å². The number of rotatable bonds is 5. The predicted octanol–water partition coefficient (Wildman–Crippen LogP) is 2.67. The van der Waals surface area contributed by atoms with Crippen molar-refractivity contribution in [3.05, 3.63) is 28.8 Å². The summed E-state index contributed by atoms with van der Waals surface area (Å²) in [6.07, 6.45) is 2.45. The van der Waals surface area contributed by atoms with Gasteiger partial charge in [0, 0.05) is 19.1 Å². The maximum Gasteiger partial charge on any atom is 0.303 e. The number of carbonyl (C=O) groups is 2. The Morgan fingerprint density at radius 2 is 2.14 bits per heavy atom. The van der Waals surface area contributed by atoms with Gasteiger partial charge in [0.15, 0.2) is 9.84 Å². The van der Waals surface area contributed by atoms with Crippen LogP contribution in [-0.4, -0.2) is 31.5 Å². The van der Waals surface area contributed by atoms with Crippen LogP contribution in [0.3, 0.4) is 0 Å². The van der Waals surface area contributed by atoms with E-state index in [1.807, 2.05) is 0 Å². The lowest BCUT2D eigenvalue weighted by atomic mass is 9.82. The van der Waals surface area contributed by atoms with Crippen molar-refractivity contribution in [2.45, 2.75) is 36.5 Å². The molecule has 0 spiro atoms. The molecule has 2 rings (SSSR count). The molecule has 0 aromatic heterocycles. The number of hydrogen-bond donors (Lipinski definition) is 1. The Balaban J connectivity index is 2.37. The SMILES string of the molecule is CS(=O)(=O)c1ccc([C@H](CC(=O)O)[C@@H]2CCC(=O)C2)cc1Cl. The third-order valence-corrected chi connectivity index (χ3v) is 5.61. The number of ketones is 1. The van der Waals surface area contributed by atoms with Gasteiger partial charge in [0.05, 0.1) is 16.3 Å². The van der Waals surface area contributed by atoms with Crippen LogP contribution in [0.1, 0.15) is 37.2 Å². The Labute approximate surface area is 134 Å². The molecule has 1 aliphatic rings. The molecule has 0 bridgehead atoms. The van der Waals surface area contributed by atoms with Gasteiger partial charge in [-0.25, -0.2) is 8.42 Å². The van der Waals surface area contributed by atoms with Crippen LogP contribution in [0.15, 0.2) is 23.1 Å². The molecule has 5 nitrogen and oxygen atoms in total. The van der Waals surface area contributed by atoms with Crippen molar-refractivity contribution >= 4 is 33.2 Å². The van der Waals surface area contributed by atoms with E-state index in [4.69, 9.17) is 16.7 Å². The van der Waals surface area contributed by atoms with Gasteiger partial charge < -0.3 is 5.11 Å². The zero-order valence-corrected chi connectivity index (χ0v) is 13.7. The molecule has 0 radical (unpaired) electrons. The van der Waals surface area contributed by atoms with Gasteiger partial charge in [-0.05, 0) is 36.0 Å². The maximum atomic E-state index is 11.6. The van der Waals surface area contributed by atoms with Crippen LogP contribution < -0.4 is 0 Å². The summed E-state index contributed by atoms with van der Waals surface area (Å²) < 4.78 is 23.2. The van der Waals surface area contributed by atoms with Gasteiger partial charge in [-0.3, -0.25) is 9.59 Å². The van der Waals surface area contributed by atoms with Crippen LogP contribution in [0.5, 0.6) is 0 Å². The van der Waals surface area contributed by atoms with E-state index < -0.39 is 15.8 Å². The fourth-order valence-corrected chi connectivity index (χ4v) is 4.32. The van der Waals surface area contributed by atoms with Crippen molar-refractivity contribution in [3.8, 4) is 0 Å². The fraction of sp³-hybridized carbons (Fsp3) is 0.467. The highest BCUT2D eigenvalue weighted by Crippen LogP contribution is 2.39. The Morgan fingerprint density at radius 1 is 1.45 bits per heavy atom. The van der Waals surface area contributed by atoms with E-state index in [0.29, 0.717) is 24.8 Å². The van der Waals surface area contributed by atoms with Gasteiger partial charge in [0.1, 0.15) is 5.78 Å². The summed E-state index contributed by atoms with van der Waals surface area (Å²) in [5, 5.41) is 9.19. The third-order valence-electron chi connectivity index (χ3n) is 4.03. The molecule has 1 N–H and O–H groups in total. The van der Waals surface area contributed by atoms with Crippen LogP contribution in [0.4, 0.5) is 0 Å². The van der Waals surface area contributed by atoms with Crippen molar-refractivity contribution in [2.24, 2.45) is 5.92 Å². The molecule has 1 saturated carbocycles. The summed E-state index contributed by atoms with van der Waals surface area (Å²) in [4.78, 5) is 22.6. The van der Waals surface area contributed by atoms with Crippen molar-refractivity contribution in [1.29, 1.82) is 0 Å². The second-order valence-electron chi connectivity index (χ2n) is 5.71. The predicted molar refractivity (Wildman–Crippen MR) is 81.9 cm³/mol. The summed E-state index contributed by atoms with van der Waals surface area (Å²) in [5.41, 5.74) is 0.666. The second kappa shape index (κ2) is 6.38. The van der Waals surface area contributed by atoms with Crippen LogP contribution >= 0.6 is 11.6 Å². The van der Waals surface area contributed by atoms with E-state index >= 15 is 0 Å². The first kappa shape index (κ1) is 17.0. The minimum absolute atomic E-state index is 0.0227. The van der Waals surface area contributed by atoms with Crippen LogP contribution in [0.2, 0.25) is 5.02 Å². The molecule has 1 aliphatic carbocycles. The summed E-state index contributed by atoms with van der Waals surface area (Å²) in [6, 6.07) is 4.51. The van der Waals surface area contributed by atoms with E-state index in [2.05, 4.69) is 0 Å². The third kappa shape index (κ3) is 3.87. The first-order chi connectivity index (χ1) is 10.2. The number of carboxylic acids is 1. The van der Waals surface area contributed by atoms with E-state index in [9.17, 15) is 18.0 Å². The van der Waals surface area contributed by atoms with E-state index in [0.717, 1.165) is 6.26 Å². The molecule has 0 unspecified atom stereocenters. The number of hydrogen-bond acceptors (Lipinski definition) is 4. The topological polar surface area (TPSA) is 88.5 Å². The van der Waals surface area contributed by atoms with Gasteiger partial charge in [0.25, 0.3) is 0 Å². The lowest BCUT2D eigenvalue weighted by Crippen LogP contribution is -2.15. The molecule has 1 aromatic rings. The molecule has 120 valence electrons. The lowest BCUT2D eigenvalue weighted by Gasteiger charge is -2.22. The molecule has 0 amide bonds. The normalized spacial score (nSPS) is 20.1. The first-order valence-electron chi connectivity index (χ1n) is 6.91. The van der Waals surface area contributed by atoms with Gasteiger partial charge in [-0.1, -0.05) is 17.7 Å². The number of aliphatic carboxylic acids is 1. The summed E-state index contributed by atoms with van der Waals surface area (Å²) >= 11 is 6.04. The quantitative estimate of drug-likeness (QED) is 0.887. The highest BCUT2D eigenvalue weighted by atomic mass is 35.5. The molecule has 1 fully saturated rings. The molecule has 2 atom stereocenters. The number of benzene rings is 1. The smallest absolute Gasteiger partial charge is 0.303 e. The highest BCUT2D eigenvalue weighted by molar-refractivity contribution is 7.90. The van der Waals surface area contributed by atoms with E-state index in [-0.39, 0.29) is 34.0 Å². The monoisotopic (exact) mass is 344 g/mol. The van der Waals surface area contributed by atoms with Crippen LogP contribution in [0.25, 0.3) is 0 Å². The lowest BCUT2D eigenvalue weighted by molar-refractivity contribution is -0.137. The zero-order valence-electron chi connectivity index (χ0n) is 12.1. The average molecular weight is 345 g/mol. The maximum absolute atomic E-state index is 11.6. The Hall–Kier alpha value is -1.40. The standard InChI is InChI=1S/C15H17ClO5S/c1-22(20,21)14-5-3-10(7-13(14)16)12(8-15(18)19)9-2-4-11(17)6-9/h3,5,7,9,12H,2,4,6,8H2,1H3,(H,18,19)/t9-,12-/m1/s1. The molecule has 1 aromatic carbocycles. The van der Waals surface area contributed by atoms with E-state index in [1.165, 1.54) is 12.1 Å². The summed E-state index contributed by atoms with van der Waals surface area (Å²) in [7, 11) is -3.43. The van der Waals surface area contributed by atoms with Crippen molar-refractivity contribution < 1.29 is 23.1 Å². The van der Waals surface area contributed by atoms with Crippen molar-refractivity contribution in [1.82, 2.24) is 0 Å². The average Bonchev–Trinajstić information content (AvgIpc) is 2.80. The molecule has 7 heteroatoms. The fourth-order valence-electron chi connectivity index (χ4n) is 2.98. The zero-order chi connectivity index (χ0) is 16.5. The van der Waals surface area contributed by atoms with Gasteiger partial charge >= 0.3 is 5.97 Å². The number of halogens is 1. The number of sulfone groups is 1. The second-order valence-corrected chi connectivity index (χ2v) is 8.10. The number of carboxylic acid groups (broad SMARTS) is 1. The molecule has 22 heavy (non-hydrogen) atoms. The Morgan fingerprint density at radius 3 is 2.59 bits per heavy atom. The number of carbonyl (C=O) groups excluding carboxylic acids is 1. The Kier molecular flexibility index (Phi) is 4.92. The Bertz CT molecular complexity index is 711. The number of Topliss-reactive ketones (excluding diaryl/α,β-unsaturated/α-hetero) is 1. The minimum atomic E-state index is -3.43. The van der Waals surface area contributed by atoms with Crippen molar-refractivity contribution in [3.63, 3.8) is 0 Å². The minimum Gasteiger partial charge on any atom is -0.481 e. The highest BCUT2D eigenvalue weighted by Gasteiger charge is 2.32. The molecular weight excluding hydrogens is 328 g/mol. The first-order valence-corrected chi connectivity index (χ1v) is 9.18. The van der Waals surface area contributed by atoms with Crippen LogP contribution in [-0.2, 0) is 19.4 Å². The molecular formula is C15H17ClO5S. The largest absolute Gasteiger partial charge is 0.481 e. The molecule has 0 aliphatic heterocycles. The molecule has 0 saturated heterocycles. The van der Waals surface area contributed by atoms with Gasteiger partial charge in [0.2, 0.25) is 0 Å². The van der Waals surface area contributed by atoms with Crippen LogP contribution in [0, 0.1) is 5.92 Å². The summed E-state index contributed by atoms with van der Waals surface area (Å²) in [5.74, 6) is -1.19. The van der Waals surface area contributed by atoms with E-state index in [1.54, 1.807) is 6.07 Å².